The monoisotopic (exact) mass is 348 g/mol. The van der Waals surface area contributed by atoms with Crippen molar-refractivity contribution in [3.05, 3.63) is 68.7 Å². The van der Waals surface area contributed by atoms with Crippen molar-refractivity contribution >= 4 is 34.9 Å². The lowest BCUT2D eigenvalue weighted by atomic mass is 10.1. The van der Waals surface area contributed by atoms with E-state index in [2.05, 4.69) is 5.32 Å². The number of nitrogens with zero attached hydrogens (tertiary/aromatic N) is 1. The third kappa shape index (κ3) is 4.30. The maximum Gasteiger partial charge on any atom is 0.337 e. The molecule has 124 valence electrons. The number of rotatable bonds is 6. The molecule has 1 amide bonds. The van der Waals surface area contributed by atoms with E-state index in [9.17, 15) is 19.7 Å². The zero-order valence-electron chi connectivity index (χ0n) is 12.4. The van der Waals surface area contributed by atoms with Crippen LogP contribution in [-0.4, -0.2) is 21.9 Å². The number of anilines is 1. The van der Waals surface area contributed by atoms with Crippen LogP contribution in [0, 0.1) is 10.1 Å². The van der Waals surface area contributed by atoms with Gasteiger partial charge in [-0.15, -0.1) is 0 Å². The number of para-hydroxylation sites is 1. The Morgan fingerprint density at radius 3 is 2.58 bits per heavy atom. The quantitative estimate of drug-likeness (QED) is 0.613. The molecule has 2 N–H and O–H groups in total. The summed E-state index contributed by atoms with van der Waals surface area (Å²) in [6.45, 7) is 0. The molecule has 0 bridgehead atoms. The summed E-state index contributed by atoms with van der Waals surface area (Å²) in [5, 5.41) is 22.8. The zero-order chi connectivity index (χ0) is 17.7. The van der Waals surface area contributed by atoms with Crippen molar-refractivity contribution in [1.82, 2.24) is 0 Å². The number of benzene rings is 2. The van der Waals surface area contributed by atoms with E-state index in [4.69, 9.17) is 16.7 Å². The van der Waals surface area contributed by atoms with Crippen molar-refractivity contribution in [1.29, 1.82) is 0 Å². The van der Waals surface area contributed by atoms with Crippen LogP contribution in [0.1, 0.15) is 22.3 Å². The first kappa shape index (κ1) is 17.4. The average molecular weight is 349 g/mol. The van der Waals surface area contributed by atoms with E-state index in [1.54, 1.807) is 18.2 Å². The van der Waals surface area contributed by atoms with E-state index in [1.807, 2.05) is 0 Å². The number of carbonyl (C=O) groups is 2. The highest BCUT2D eigenvalue weighted by molar-refractivity contribution is 6.31. The van der Waals surface area contributed by atoms with Crippen LogP contribution in [0.25, 0.3) is 0 Å². The van der Waals surface area contributed by atoms with Gasteiger partial charge in [-0.3, -0.25) is 14.9 Å². The Hall–Kier alpha value is -2.93. The van der Waals surface area contributed by atoms with Gasteiger partial charge in [0.2, 0.25) is 5.91 Å². The van der Waals surface area contributed by atoms with E-state index in [1.165, 1.54) is 24.3 Å². The highest BCUT2D eigenvalue weighted by Gasteiger charge is 2.16. The van der Waals surface area contributed by atoms with Crippen molar-refractivity contribution in [3.8, 4) is 0 Å². The molecular weight excluding hydrogens is 336 g/mol. The van der Waals surface area contributed by atoms with E-state index < -0.39 is 16.8 Å². The fourth-order valence-electron chi connectivity index (χ4n) is 2.17. The normalized spacial score (nSPS) is 10.2. The Kier molecular flexibility index (Phi) is 5.49. The predicted octanol–water partition coefficient (Wildman–Crippen LogP) is 3.52. The molecule has 8 heteroatoms. The maximum absolute atomic E-state index is 12.0. The van der Waals surface area contributed by atoms with Crippen molar-refractivity contribution in [3.63, 3.8) is 0 Å². The second-order valence-corrected chi connectivity index (χ2v) is 5.37. The molecule has 0 aliphatic heterocycles. The fraction of sp³-hybridized carbons (Fsp3) is 0.125. The Balaban J connectivity index is 2.09. The molecule has 0 saturated heterocycles. The molecule has 0 aliphatic carbocycles. The smallest absolute Gasteiger partial charge is 0.337 e. The number of nitrogens with one attached hydrogen (secondary N) is 1. The van der Waals surface area contributed by atoms with E-state index in [0.29, 0.717) is 5.56 Å². The average Bonchev–Trinajstić information content (AvgIpc) is 2.53. The molecule has 0 radical (unpaired) electrons. The van der Waals surface area contributed by atoms with Crippen molar-refractivity contribution in [2.24, 2.45) is 0 Å². The molecule has 0 heterocycles. The second kappa shape index (κ2) is 7.56. The van der Waals surface area contributed by atoms with E-state index in [0.717, 1.165) is 0 Å². The molecule has 24 heavy (non-hydrogen) atoms. The van der Waals surface area contributed by atoms with Gasteiger partial charge in [0.15, 0.2) is 0 Å². The van der Waals surface area contributed by atoms with Crippen LogP contribution in [0.15, 0.2) is 42.5 Å². The van der Waals surface area contributed by atoms with Gasteiger partial charge < -0.3 is 10.4 Å². The SMILES string of the molecule is O=C(CCc1ccccc1[N+](=O)[O-])Nc1cc(Cl)ccc1C(=O)O. The number of carboxylic acid groups (broad SMARTS) is 1. The summed E-state index contributed by atoms with van der Waals surface area (Å²) in [4.78, 5) is 33.6. The molecule has 2 aromatic rings. The van der Waals surface area contributed by atoms with E-state index in [-0.39, 0.29) is 34.8 Å². The largest absolute Gasteiger partial charge is 0.478 e. The highest BCUT2D eigenvalue weighted by Crippen LogP contribution is 2.22. The number of aromatic carboxylic acids is 1. The summed E-state index contributed by atoms with van der Waals surface area (Å²) in [6.07, 6.45) is 0.127. The van der Waals surface area contributed by atoms with Gasteiger partial charge >= 0.3 is 5.97 Å². The molecule has 0 fully saturated rings. The topological polar surface area (TPSA) is 110 Å². The molecule has 2 aromatic carbocycles. The lowest BCUT2D eigenvalue weighted by molar-refractivity contribution is -0.385. The molecule has 0 aliphatic rings. The Morgan fingerprint density at radius 1 is 1.21 bits per heavy atom. The maximum atomic E-state index is 12.0. The van der Waals surface area contributed by atoms with E-state index >= 15 is 0 Å². The Labute approximate surface area is 142 Å². The second-order valence-electron chi connectivity index (χ2n) is 4.93. The molecule has 7 nitrogen and oxygen atoms in total. The van der Waals surface area contributed by atoms with Crippen LogP contribution in [-0.2, 0) is 11.2 Å². The lowest BCUT2D eigenvalue weighted by Gasteiger charge is -2.09. The summed E-state index contributed by atoms with van der Waals surface area (Å²) < 4.78 is 0. The first-order valence-corrected chi connectivity index (χ1v) is 7.31. The zero-order valence-corrected chi connectivity index (χ0v) is 13.1. The van der Waals surface area contributed by atoms with Crippen LogP contribution in [0.3, 0.4) is 0 Å². The fourth-order valence-corrected chi connectivity index (χ4v) is 2.34. The molecular formula is C16H13ClN2O5. The molecule has 0 unspecified atom stereocenters. The number of nitro groups is 1. The number of carbonyl (C=O) groups excluding carboxylic acids is 1. The van der Waals surface area contributed by atoms with Crippen LogP contribution in [0.4, 0.5) is 11.4 Å². The number of nitro benzene ring substituents is 1. The van der Waals surface area contributed by atoms with Gasteiger partial charge in [-0.1, -0.05) is 29.8 Å². The first-order chi connectivity index (χ1) is 11.4. The number of hydrogen-bond donors (Lipinski definition) is 2. The Bertz CT molecular complexity index is 807. The minimum Gasteiger partial charge on any atom is -0.478 e. The number of carboxylic acids is 1. The summed E-state index contributed by atoms with van der Waals surface area (Å²) in [5.74, 6) is -1.65. The van der Waals surface area contributed by atoms with Gasteiger partial charge in [0.25, 0.3) is 5.69 Å². The van der Waals surface area contributed by atoms with Crippen molar-refractivity contribution < 1.29 is 19.6 Å². The van der Waals surface area contributed by atoms with Gasteiger partial charge in [0, 0.05) is 23.1 Å². The van der Waals surface area contributed by atoms with Gasteiger partial charge in [-0.2, -0.15) is 0 Å². The lowest BCUT2D eigenvalue weighted by Crippen LogP contribution is -2.15. The van der Waals surface area contributed by atoms with Gasteiger partial charge in [0.05, 0.1) is 16.2 Å². The van der Waals surface area contributed by atoms with Crippen LogP contribution < -0.4 is 5.32 Å². The van der Waals surface area contributed by atoms with Gasteiger partial charge in [0.1, 0.15) is 0 Å². The third-order valence-electron chi connectivity index (χ3n) is 3.30. The Morgan fingerprint density at radius 2 is 1.92 bits per heavy atom. The first-order valence-electron chi connectivity index (χ1n) is 6.93. The molecule has 0 spiro atoms. The van der Waals surface area contributed by atoms with Crippen LogP contribution in [0.5, 0.6) is 0 Å². The summed E-state index contributed by atoms with van der Waals surface area (Å²) in [6, 6.07) is 10.2. The number of aryl methyl sites for hydroxylation is 1. The number of halogens is 1. The number of hydrogen-bond acceptors (Lipinski definition) is 4. The van der Waals surface area contributed by atoms with Gasteiger partial charge in [-0.25, -0.2) is 4.79 Å². The third-order valence-corrected chi connectivity index (χ3v) is 3.53. The highest BCUT2D eigenvalue weighted by atomic mass is 35.5. The van der Waals surface area contributed by atoms with Crippen molar-refractivity contribution in [2.75, 3.05) is 5.32 Å². The minimum atomic E-state index is -1.19. The van der Waals surface area contributed by atoms with Crippen molar-refractivity contribution in [2.45, 2.75) is 12.8 Å². The molecule has 2 rings (SSSR count). The number of amides is 1. The predicted molar refractivity (Wildman–Crippen MR) is 88.5 cm³/mol. The van der Waals surface area contributed by atoms with Gasteiger partial charge in [-0.05, 0) is 24.6 Å². The molecule has 0 saturated carbocycles. The minimum absolute atomic E-state index is 0.0313. The summed E-state index contributed by atoms with van der Waals surface area (Å²) in [7, 11) is 0. The standard InChI is InChI=1S/C16H13ClN2O5/c17-11-6-7-12(16(21)22)13(9-11)18-15(20)8-5-10-3-1-2-4-14(10)19(23)24/h1-4,6-7,9H,5,8H2,(H,18,20)(H,21,22). The van der Waals surface area contributed by atoms with Crippen LogP contribution >= 0.6 is 11.6 Å². The molecule has 0 aromatic heterocycles. The van der Waals surface area contributed by atoms with Crippen LogP contribution in [0.2, 0.25) is 5.02 Å². The molecule has 0 atom stereocenters. The summed E-state index contributed by atoms with van der Waals surface area (Å²) in [5.41, 5.74) is 0.377. The summed E-state index contributed by atoms with van der Waals surface area (Å²) >= 11 is 5.81.